The van der Waals surface area contributed by atoms with Crippen LogP contribution in [0.4, 0.5) is 9.52 Å². The number of hydrogen-bond donors (Lipinski definition) is 0. The highest BCUT2D eigenvalue weighted by atomic mass is 32.1. The predicted molar refractivity (Wildman–Crippen MR) is 134 cm³/mol. The number of rotatable bonds is 8. The number of aryl methyl sites for hydroxylation is 1. The Hall–Kier alpha value is -3.79. The van der Waals surface area contributed by atoms with Gasteiger partial charge in [-0.3, -0.25) is 14.5 Å². The smallest absolute Gasteiger partial charge is 0.297 e. The van der Waals surface area contributed by atoms with Crippen molar-refractivity contribution in [2.45, 2.75) is 39.7 Å². The maximum Gasteiger partial charge on any atom is 0.297 e. The molecule has 4 aromatic rings. The fraction of sp³-hybridized carbons (Fsp3) is 0.308. The number of halogens is 1. The Morgan fingerprint density at radius 1 is 1.03 bits per heavy atom. The molecule has 0 saturated heterocycles. The molecule has 2 aromatic heterocycles. The first kappa shape index (κ1) is 23.9. The lowest BCUT2D eigenvalue weighted by molar-refractivity contribution is 0.0970. The van der Waals surface area contributed by atoms with Crippen LogP contribution in [-0.4, -0.2) is 29.3 Å². The highest BCUT2D eigenvalue weighted by Gasteiger charge is 2.45. The molecule has 0 spiro atoms. The van der Waals surface area contributed by atoms with Crippen molar-refractivity contribution in [3.05, 3.63) is 74.3 Å². The Morgan fingerprint density at radius 3 is 2.56 bits per heavy atom. The highest BCUT2D eigenvalue weighted by molar-refractivity contribution is 7.15. The number of carbonyl (C=O) groups excluding carboxylic acids is 1. The molecule has 0 fully saturated rings. The summed E-state index contributed by atoms with van der Waals surface area (Å²) in [4.78, 5) is 28.8. The zero-order valence-corrected chi connectivity index (χ0v) is 20.9. The van der Waals surface area contributed by atoms with Crippen molar-refractivity contribution < 1.29 is 23.1 Å². The molecule has 1 atom stereocenters. The quantitative estimate of drug-likeness (QED) is 0.319. The minimum atomic E-state index is -0.867. The number of hydrogen-bond acceptors (Lipinski definition) is 8. The van der Waals surface area contributed by atoms with E-state index in [9.17, 15) is 14.0 Å². The molecule has 1 aliphatic rings. The molecule has 2 aromatic carbocycles. The third kappa shape index (κ3) is 4.01. The van der Waals surface area contributed by atoms with Gasteiger partial charge in [-0.2, -0.15) is 0 Å². The van der Waals surface area contributed by atoms with Gasteiger partial charge in [0, 0.05) is 6.42 Å². The summed E-state index contributed by atoms with van der Waals surface area (Å²) in [6.07, 6.45) is 1.59. The van der Waals surface area contributed by atoms with Gasteiger partial charge in [0.1, 0.15) is 16.4 Å². The van der Waals surface area contributed by atoms with E-state index in [1.807, 2.05) is 20.8 Å². The maximum absolute atomic E-state index is 14.0. The molecule has 10 heteroatoms. The number of fused-ring (bicyclic) bond motifs is 2. The average molecular weight is 510 g/mol. The first-order chi connectivity index (χ1) is 17.5. The Morgan fingerprint density at radius 2 is 1.81 bits per heavy atom. The second kappa shape index (κ2) is 9.69. The molecule has 0 bridgehead atoms. The third-order valence-corrected chi connectivity index (χ3v) is 6.82. The van der Waals surface area contributed by atoms with Gasteiger partial charge >= 0.3 is 0 Å². The number of ether oxygens (including phenoxy) is 2. The summed E-state index contributed by atoms with van der Waals surface area (Å²) in [5.41, 5.74) is 0.387. The standard InChI is InChI=1S/C26H24FN3O5S/c1-4-7-20-28-29-26(36-20)30-22(14-8-10-18(33-5-2)19(12-14)34-6-3)21-23(31)16-13-15(27)9-11-17(16)35-24(21)25(30)32/h8-13,22H,4-7H2,1-3H3. The second-order valence-electron chi connectivity index (χ2n) is 8.19. The Labute approximate surface area is 210 Å². The minimum absolute atomic E-state index is 0.0632. The lowest BCUT2D eigenvalue weighted by Crippen LogP contribution is -2.29. The summed E-state index contributed by atoms with van der Waals surface area (Å²) in [5, 5.41) is 9.67. The van der Waals surface area contributed by atoms with Crippen molar-refractivity contribution >= 4 is 33.3 Å². The molecule has 0 aliphatic carbocycles. The van der Waals surface area contributed by atoms with Crippen LogP contribution in [-0.2, 0) is 6.42 Å². The molecule has 0 N–H and O–H groups in total. The molecule has 1 aliphatic heterocycles. The van der Waals surface area contributed by atoms with Crippen LogP contribution in [0.25, 0.3) is 11.0 Å². The van der Waals surface area contributed by atoms with E-state index in [0.29, 0.717) is 35.4 Å². The van der Waals surface area contributed by atoms with Gasteiger partial charge in [0.05, 0.1) is 30.2 Å². The summed E-state index contributed by atoms with van der Waals surface area (Å²) in [7, 11) is 0. The van der Waals surface area contributed by atoms with Gasteiger partial charge in [0.15, 0.2) is 16.9 Å². The van der Waals surface area contributed by atoms with Gasteiger partial charge < -0.3 is 13.9 Å². The number of aromatic nitrogens is 2. The lowest BCUT2D eigenvalue weighted by atomic mass is 9.98. The van der Waals surface area contributed by atoms with Gasteiger partial charge in [0.2, 0.25) is 10.9 Å². The van der Waals surface area contributed by atoms with Gasteiger partial charge in [-0.25, -0.2) is 4.39 Å². The normalized spacial score (nSPS) is 14.9. The highest BCUT2D eigenvalue weighted by Crippen LogP contribution is 2.44. The number of nitrogens with zero attached hydrogens (tertiary/aromatic N) is 3. The van der Waals surface area contributed by atoms with Crippen LogP contribution in [0.5, 0.6) is 11.5 Å². The van der Waals surface area contributed by atoms with Gasteiger partial charge in [-0.15, -0.1) is 10.2 Å². The second-order valence-corrected chi connectivity index (χ2v) is 9.23. The third-order valence-electron chi connectivity index (χ3n) is 5.84. The van der Waals surface area contributed by atoms with Crippen molar-refractivity contribution in [3.8, 4) is 11.5 Å². The number of benzene rings is 2. The first-order valence-electron chi connectivity index (χ1n) is 11.8. The average Bonchev–Trinajstić information content (AvgIpc) is 3.43. The lowest BCUT2D eigenvalue weighted by Gasteiger charge is -2.23. The van der Waals surface area contributed by atoms with Crippen LogP contribution in [0, 0.1) is 5.82 Å². The minimum Gasteiger partial charge on any atom is -0.490 e. The molecule has 0 radical (unpaired) electrons. The van der Waals surface area contributed by atoms with Crippen LogP contribution in [0.15, 0.2) is 45.6 Å². The van der Waals surface area contributed by atoms with E-state index < -0.39 is 23.2 Å². The van der Waals surface area contributed by atoms with Gasteiger partial charge in [-0.1, -0.05) is 24.3 Å². The van der Waals surface area contributed by atoms with Gasteiger partial charge in [0.25, 0.3) is 5.91 Å². The summed E-state index contributed by atoms with van der Waals surface area (Å²) in [5.74, 6) is -0.140. The van der Waals surface area contributed by atoms with Crippen molar-refractivity contribution in [1.29, 1.82) is 0 Å². The van der Waals surface area contributed by atoms with E-state index in [2.05, 4.69) is 10.2 Å². The Balaban J connectivity index is 1.75. The SMILES string of the molecule is CCCc1nnc(N2C(=O)c3oc4ccc(F)cc4c(=O)c3C2c2ccc(OCC)c(OCC)c2)s1. The van der Waals surface area contributed by atoms with E-state index >= 15 is 0 Å². The topological polar surface area (TPSA) is 94.8 Å². The molecule has 8 nitrogen and oxygen atoms in total. The molecule has 5 rings (SSSR count). The van der Waals surface area contributed by atoms with Crippen molar-refractivity contribution in [2.75, 3.05) is 18.1 Å². The molecule has 186 valence electrons. The fourth-order valence-corrected chi connectivity index (χ4v) is 5.32. The summed E-state index contributed by atoms with van der Waals surface area (Å²) < 4.78 is 31.4. The van der Waals surface area contributed by atoms with E-state index in [0.717, 1.165) is 23.9 Å². The van der Waals surface area contributed by atoms with Crippen LogP contribution in [0.1, 0.15) is 59.9 Å². The van der Waals surface area contributed by atoms with E-state index in [1.165, 1.54) is 28.4 Å². The van der Waals surface area contributed by atoms with E-state index in [1.54, 1.807) is 18.2 Å². The monoisotopic (exact) mass is 509 g/mol. The number of amides is 1. The summed E-state index contributed by atoms with van der Waals surface area (Å²) >= 11 is 1.29. The number of carbonyl (C=O) groups is 1. The fourth-order valence-electron chi connectivity index (χ4n) is 4.35. The van der Waals surface area contributed by atoms with Crippen molar-refractivity contribution in [1.82, 2.24) is 10.2 Å². The summed E-state index contributed by atoms with van der Waals surface area (Å²) in [6, 6.07) is 8.07. The molecular weight excluding hydrogens is 485 g/mol. The van der Waals surface area contributed by atoms with Gasteiger partial charge in [-0.05, 0) is 56.2 Å². The molecule has 3 heterocycles. The van der Waals surface area contributed by atoms with Crippen LogP contribution in [0.3, 0.4) is 0 Å². The molecule has 1 amide bonds. The Kier molecular flexibility index (Phi) is 6.44. The van der Waals surface area contributed by atoms with E-state index in [-0.39, 0.29) is 22.3 Å². The number of anilines is 1. The molecular formula is C26H24FN3O5S. The van der Waals surface area contributed by atoms with Crippen LogP contribution < -0.4 is 19.8 Å². The predicted octanol–water partition coefficient (Wildman–Crippen LogP) is 5.28. The maximum atomic E-state index is 14.0. The molecule has 0 saturated carbocycles. The zero-order chi connectivity index (χ0) is 25.4. The Bertz CT molecular complexity index is 1520. The first-order valence-corrected chi connectivity index (χ1v) is 12.6. The zero-order valence-electron chi connectivity index (χ0n) is 20.0. The van der Waals surface area contributed by atoms with Crippen LogP contribution in [0.2, 0.25) is 0 Å². The van der Waals surface area contributed by atoms with Crippen molar-refractivity contribution in [3.63, 3.8) is 0 Å². The molecule has 1 unspecified atom stereocenters. The summed E-state index contributed by atoms with van der Waals surface area (Å²) in [6.45, 7) is 6.60. The van der Waals surface area contributed by atoms with E-state index in [4.69, 9.17) is 13.9 Å². The van der Waals surface area contributed by atoms with Crippen molar-refractivity contribution in [2.24, 2.45) is 0 Å². The largest absolute Gasteiger partial charge is 0.490 e. The van der Waals surface area contributed by atoms with Crippen LogP contribution >= 0.6 is 11.3 Å². The molecule has 36 heavy (non-hydrogen) atoms.